The first kappa shape index (κ1) is 39.6. The van der Waals surface area contributed by atoms with E-state index in [2.05, 4.69) is 67.5 Å². The van der Waals surface area contributed by atoms with Gasteiger partial charge in [0.2, 0.25) is 0 Å². The number of hydrogen-bond donors (Lipinski definition) is 2. The Morgan fingerprint density at radius 2 is 1.50 bits per heavy atom. The molecule has 4 aromatic rings. The Balaban J connectivity index is 0.000000244. The maximum Gasteiger partial charge on any atom is 0.254 e. The molecule has 52 heavy (non-hydrogen) atoms. The van der Waals surface area contributed by atoms with Crippen LogP contribution in [0.15, 0.2) is 85.1 Å². The van der Waals surface area contributed by atoms with E-state index in [0.29, 0.717) is 11.6 Å². The largest absolute Gasteiger partial charge is 0.349 e. The van der Waals surface area contributed by atoms with Crippen molar-refractivity contribution in [3.8, 4) is 5.69 Å². The molecule has 1 amide bonds. The van der Waals surface area contributed by atoms with Crippen molar-refractivity contribution in [2.24, 2.45) is 5.73 Å². The predicted octanol–water partition coefficient (Wildman–Crippen LogP) is 8.26. The minimum atomic E-state index is -0.145. The highest BCUT2D eigenvalue weighted by atomic mass is 35.5. The van der Waals surface area contributed by atoms with E-state index in [1.54, 1.807) is 18.3 Å². The van der Waals surface area contributed by atoms with Crippen molar-refractivity contribution in [2.45, 2.75) is 107 Å². The van der Waals surface area contributed by atoms with E-state index >= 15 is 0 Å². The number of para-hydroxylation sites is 1. The summed E-state index contributed by atoms with van der Waals surface area (Å²) in [4.78, 5) is 17.9. The van der Waals surface area contributed by atoms with Crippen LogP contribution >= 0.6 is 11.6 Å². The average molecular weight is 729 g/mol. The van der Waals surface area contributed by atoms with Crippen LogP contribution in [0.3, 0.4) is 0 Å². The highest BCUT2D eigenvalue weighted by molar-refractivity contribution is 6.31. The number of aromatic nitrogens is 2. The molecule has 1 aromatic heterocycles. The number of amides is 1. The number of rotatable bonds is 11. The molecule has 0 bridgehead atoms. The third kappa shape index (κ3) is 9.70. The van der Waals surface area contributed by atoms with E-state index in [4.69, 9.17) is 17.3 Å². The fourth-order valence-electron chi connectivity index (χ4n) is 8.16. The monoisotopic (exact) mass is 728 g/mol. The first-order chi connectivity index (χ1) is 24.9. The van der Waals surface area contributed by atoms with Crippen LogP contribution in [-0.4, -0.2) is 76.8 Å². The standard InChI is InChI=1S/C28H35ClN4O.C15H23FN2/c1-4-10-26-24(20-30-33(26)23-12-6-5-7-13-23)27(34)31-22-15-17-28(18-16-22,32(2)3)19-21-11-8-9-14-25(21)29;1-18(2)15(8-6-14(17)7-9-15)11-12-4-3-5-13(16)10-12/h5-9,11-14,20,22H,4,10,15-19H2,1-3H3,(H,31,34);3-5,10,14H,6-9,11,17H2,1-2H3. The van der Waals surface area contributed by atoms with Gasteiger partial charge in [-0.15, -0.1) is 0 Å². The van der Waals surface area contributed by atoms with E-state index in [9.17, 15) is 9.18 Å². The molecule has 0 unspecified atom stereocenters. The van der Waals surface area contributed by atoms with Gasteiger partial charge in [-0.3, -0.25) is 4.79 Å². The van der Waals surface area contributed by atoms with Crippen molar-refractivity contribution < 1.29 is 9.18 Å². The minimum Gasteiger partial charge on any atom is -0.349 e. The van der Waals surface area contributed by atoms with Gasteiger partial charge in [0, 0.05) is 28.2 Å². The van der Waals surface area contributed by atoms with Gasteiger partial charge in [0.25, 0.3) is 5.91 Å². The van der Waals surface area contributed by atoms with Gasteiger partial charge in [0.05, 0.1) is 23.1 Å². The number of nitrogens with one attached hydrogen (secondary N) is 1. The first-order valence-electron chi connectivity index (χ1n) is 19.0. The van der Waals surface area contributed by atoms with Gasteiger partial charge < -0.3 is 20.9 Å². The van der Waals surface area contributed by atoms with Crippen LogP contribution in [0, 0.1) is 5.82 Å². The van der Waals surface area contributed by atoms with E-state index in [1.807, 2.05) is 53.2 Å². The first-order valence-corrected chi connectivity index (χ1v) is 19.3. The molecule has 0 saturated heterocycles. The van der Waals surface area contributed by atoms with Crippen molar-refractivity contribution in [1.29, 1.82) is 0 Å². The van der Waals surface area contributed by atoms with E-state index in [-0.39, 0.29) is 28.8 Å². The number of hydrogen-bond acceptors (Lipinski definition) is 5. The number of halogens is 2. The van der Waals surface area contributed by atoms with Crippen LogP contribution in [0.25, 0.3) is 5.69 Å². The Kier molecular flexibility index (Phi) is 13.7. The minimum absolute atomic E-state index is 0.0147. The van der Waals surface area contributed by atoms with Crippen molar-refractivity contribution in [1.82, 2.24) is 24.9 Å². The summed E-state index contributed by atoms with van der Waals surface area (Å²) in [6, 6.07) is 25.6. The summed E-state index contributed by atoms with van der Waals surface area (Å²) in [5.41, 5.74) is 11.1. The summed E-state index contributed by atoms with van der Waals surface area (Å²) >= 11 is 6.48. The molecule has 2 fully saturated rings. The second-order valence-electron chi connectivity index (χ2n) is 15.4. The van der Waals surface area contributed by atoms with E-state index < -0.39 is 0 Å². The van der Waals surface area contributed by atoms with Crippen LogP contribution in [0.1, 0.15) is 91.9 Å². The molecular formula is C43H58ClFN6O. The Morgan fingerprint density at radius 1 is 0.885 bits per heavy atom. The molecule has 0 atom stereocenters. The molecule has 0 radical (unpaired) electrons. The van der Waals surface area contributed by atoms with Crippen LogP contribution in [0.5, 0.6) is 0 Å². The lowest BCUT2D eigenvalue weighted by Crippen LogP contribution is -2.52. The lowest BCUT2D eigenvalue weighted by atomic mass is 9.74. The number of carbonyl (C=O) groups excluding carboxylic acids is 1. The predicted molar refractivity (Wildman–Crippen MR) is 212 cm³/mol. The van der Waals surface area contributed by atoms with Crippen LogP contribution in [-0.2, 0) is 19.3 Å². The highest BCUT2D eigenvalue weighted by Gasteiger charge is 2.39. The van der Waals surface area contributed by atoms with Gasteiger partial charge in [-0.05, 0) is 140 Å². The van der Waals surface area contributed by atoms with E-state index in [0.717, 1.165) is 99.0 Å². The molecule has 7 nitrogen and oxygen atoms in total. The lowest BCUT2D eigenvalue weighted by Gasteiger charge is -2.45. The molecule has 3 aromatic carbocycles. The zero-order chi connectivity index (χ0) is 37.3. The molecule has 3 N–H and O–H groups in total. The zero-order valence-corrected chi connectivity index (χ0v) is 32.5. The maximum absolute atomic E-state index is 13.3. The topological polar surface area (TPSA) is 79.4 Å². The summed E-state index contributed by atoms with van der Waals surface area (Å²) in [5, 5.41) is 8.70. The number of likely N-dealkylation sites (N-methyl/N-ethyl adjacent to an activating group) is 2. The quantitative estimate of drug-likeness (QED) is 0.163. The number of nitrogens with zero attached hydrogens (tertiary/aromatic N) is 4. The summed E-state index contributed by atoms with van der Waals surface area (Å²) < 4.78 is 15.2. The summed E-state index contributed by atoms with van der Waals surface area (Å²) in [6.45, 7) is 2.13. The van der Waals surface area contributed by atoms with Crippen molar-refractivity contribution in [2.75, 3.05) is 28.2 Å². The smallest absolute Gasteiger partial charge is 0.254 e. The maximum atomic E-state index is 13.3. The Morgan fingerprint density at radius 3 is 2.12 bits per heavy atom. The molecule has 2 aliphatic rings. The fourth-order valence-corrected chi connectivity index (χ4v) is 8.36. The highest BCUT2D eigenvalue weighted by Crippen LogP contribution is 2.37. The summed E-state index contributed by atoms with van der Waals surface area (Å²) in [6.07, 6.45) is 13.6. The average Bonchev–Trinajstić information content (AvgIpc) is 3.56. The van der Waals surface area contributed by atoms with Gasteiger partial charge >= 0.3 is 0 Å². The molecule has 0 spiro atoms. The normalized spacial score (nSPS) is 23.3. The molecule has 2 aliphatic carbocycles. The molecule has 0 aliphatic heterocycles. The summed E-state index contributed by atoms with van der Waals surface area (Å²) in [5.74, 6) is -0.159. The Bertz CT molecular complexity index is 1720. The number of nitrogens with two attached hydrogens (primary N) is 1. The zero-order valence-electron chi connectivity index (χ0n) is 31.8. The third-order valence-corrected chi connectivity index (χ3v) is 12.0. The Labute approximate surface area is 315 Å². The SMILES string of the molecule is CCCc1c(C(=O)NC2CCC(Cc3ccccc3Cl)(N(C)C)CC2)cnn1-c1ccccc1.CN(C)C1(Cc2cccc(F)c2)CCC(N)CC1. The van der Waals surface area contributed by atoms with Gasteiger partial charge in [-0.25, -0.2) is 9.07 Å². The van der Waals surface area contributed by atoms with Gasteiger partial charge in [-0.1, -0.05) is 73.5 Å². The van der Waals surface area contributed by atoms with Crippen molar-refractivity contribution >= 4 is 17.5 Å². The van der Waals surface area contributed by atoms with Gasteiger partial charge in [0.15, 0.2) is 0 Å². The van der Waals surface area contributed by atoms with Crippen LogP contribution in [0.4, 0.5) is 4.39 Å². The van der Waals surface area contributed by atoms with Crippen LogP contribution in [0.2, 0.25) is 5.02 Å². The van der Waals surface area contributed by atoms with Crippen molar-refractivity contribution in [3.63, 3.8) is 0 Å². The molecule has 9 heteroatoms. The van der Waals surface area contributed by atoms with Gasteiger partial charge in [-0.2, -0.15) is 5.10 Å². The number of benzene rings is 3. The van der Waals surface area contributed by atoms with Gasteiger partial charge in [0.1, 0.15) is 5.82 Å². The fraction of sp³-hybridized carbons (Fsp3) is 0.488. The third-order valence-electron chi connectivity index (χ3n) is 11.6. The van der Waals surface area contributed by atoms with Crippen molar-refractivity contribution in [3.05, 3.63) is 118 Å². The molecule has 280 valence electrons. The second-order valence-corrected chi connectivity index (χ2v) is 15.8. The van der Waals surface area contributed by atoms with Crippen LogP contribution < -0.4 is 11.1 Å². The molecule has 2 saturated carbocycles. The molecule has 6 rings (SSSR count). The molecule has 1 heterocycles. The molecular weight excluding hydrogens is 671 g/mol. The summed E-state index contributed by atoms with van der Waals surface area (Å²) in [7, 11) is 8.56. The second kappa shape index (κ2) is 18.0. The Hall–Kier alpha value is -3.56. The van der Waals surface area contributed by atoms with E-state index in [1.165, 1.54) is 11.6 Å². The number of carbonyl (C=O) groups is 1. The lowest BCUT2D eigenvalue weighted by molar-refractivity contribution is 0.0769.